The van der Waals surface area contributed by atoms with Crippen molar-refractivity contribution in [1.82, 2.24) is 0 Å². The molecule has 0 aromatic heterocycles. The molecule has 25 heavy (non-hydrogen) atoms. The molecule has 0 aliphatic carbocycles. The fourth-order valence-electron chi connectivity index (χ4n) is 2.12. The molecule has 2 rings (SSSR count). The molecular weight excluding hydrogens is 323 g/mol. The summed E-state index contributed by atoms with van der Waals surface area (Å²) in [4.78, 5) is 13.5. The number of nitrogens with two attached hydrogens (primary N) is 1. The van der Waals surface area contributed by atoms with Gasteiger partial charge in [-0.2, -0.15) is 0 Å². The molecule has 134 valence electrons. The maximum Gasteiger partial charge on any atom is 0.414 e. The van der Waals surface area contributed by atoms with Crippen molar-refractivity contribution < 1.29 is 18.7 Å². The van der Waals surface area contributed by atoms with E-state index in [0.717, 1.165) is 5.56 Å². The normalized spacial score (nSPS) is 11.1. The Hall–Kier alpha value is -2.76. The summed E-state index contributed by atoms with van der Waals surface area (Å²) in [5, 5.41) is 0. The first-order chi connectivity index (χ1) is 11.6. The SMILES string of the molecule is Cc1ccc(Oc2ccc(N)c(N(C)C(=O)OC(C)(C)C)c2)c(F)c1. The van der Waals surface area contributed by atoms with Crippen LogP contribution in [-0.4, -0.2) is 18.7 Å². The van der Waals surface area contributed by atoms with Crippen molar-refractivity contribution in [1.29, 1.82) is 0 Å². The minimum Gasteiger partial charge on any atom is -0.454 e. The summed E-state index contributed by atoms with van der Waals surface area (Å²) in [5.41, 5.74) is 6.92. The van der Waals surface area contributed by atoms with E-state index < -0.39 is 17.5 Å². The average molecular weight is 346 g/mol. The van der Waals surface area contributed by atoms with Crippen molar-refractivity contribution in [3.05, 3.63) is 47.8 Å². The van der Waals surface area contributed by atoms with Crippen molar-refractivity contribution in [3.8, 4) is 11.5 Å². The minimum atomic E-state index is -0.626. The Kier molecular flexibility index (Phi) is 5.21. The second-order valence-corrected chi connectivity index (χ2v) is 6.80. The zero-order chi connectivity index (χ0) is 18.8. The van der Waals surface area contributed by atoms with E-state index in [1.54, 1.807) is 65.1 Å². The lowest BCUT2D eigenvalue weighted by Gasteiger charge is -2.25. The monoisotopic (exact) mass is 346 g/mol. The number of halogens is 1. The van der Waals surface area contributed by atoms with E-state index in [4.69, 9.17) is 15.2 Å². The van der Waals surface area contributed by atoms with Crippen LogP contribution in [-0.2, 0) is 4.74 Å². The summed E-state index contributed by atoms with van der Waals surface area (Å²) < 4.78 is 24.9. The lowest BCUT2D eigenvalue weighted by Crippen LogP contribution is -2.34. The molecule has 0 saturated heterocycles. The lowest BCUT2D eigenvalue weighted by atomic mass is 10.2. The van der Waals surface area contributed by atoms with Gasteiger partial charge in [-0.15, -0.1) is 0 Å². The summed E-state index contributed by atoms with van der Waals surface area (Å²) >= 11 is 0. The van der Waals surface area contributed by atoms with Crippen LogP contribution in [0.5, 0.6) is 11.5 Å². The fourth-order valence-corrected chi connectivity index (χ4v) is 2.12. The van der Waals surface area contributed by atoms with Gasteiger partial charge < -0.3 is 15.2 Å². The van der Waals surface area contributed by atoms with E-state index >= 15 is 0 Å². The van der Waals surface area contributed by atoms with Crippen LogP contribution >= 0.6 is 0 Å². The number of carbonyl (C=O) groups is 1. The van der Waals surface area contributed by atoms with Crippen molar-refractivity contribution in [2.24, 2.45) is 0 Å². The van der Waals surface area contributed by atoms with Crippen LogP contribution in [0.15, 0.2) is 36.4 Å². The second kappa shape index (κ2) is 7.01. The quantitative estimate of drug-likeness (QED) is 0.805. The first-order valence-electron chi connectivity index (χ1n) is 7.87. The largest absolute Gasteiger partial charge is 0.454 e. The number of nitrogen functional groups attached to an aromatic ring is 1. The van der Waals surface area contributed by atoms with E-state index in [9.17, 15) is 9.18 Å². The van der Waals surface area contributed by atoms with Gasteiger partial charge in [0.2, 0.25) is 0 Å². The van der Waals surface area contributed by atoms with E-state index in [0.29, 0.717) is 17.1 Å². The molecule has 0 aliphatic rings. The highest BCUT2D eigenvalue weighted by molar-refractivity contribution is 5.91. The molecule has 0 aliphatic heterocycles. The van der Waals surface area contributed by atoms with Crippen molar-refractivity contribution in [3.63, 3.8) is 0 Å². The highest BCUT2D eigenvalue weighted by Gasteiger charge is 2.22. The van der Waals surface area contributed by atoms with E-state index in [1.807, 2.05) is 0 Å². The van der Waals surface area contributed by atoms with E-state index in [-0.39, 0.29) is 5.75 Å². The van der Waals surface area contributed by atoms with E-state index in [2.05, 4.69) is 0 Å². The van der Waals surface area contributed by atoms with Crippen LogP contribution in [0.3, 0.4) is 0 Å². The minimum absolute atomic E-state index is 0.0984. The molecule has 2 aromatic carbocycles. The molecule has 2 N–H and O–H groups in total. The number of ether oxygens (including phenoxy) is 2. The average Bonchev–Trinajstić information content (AvgIpc) is 2.49. The van der Waals surface area contributed by atoms with E-state index in [1.165, 1.54) is 11.0 Å². The highest BCUT2D eigenvalue weighted by Crippen LogP contribution is 2.32. The van der Waals surface area contributed by atoms with Crippen LogP contribution in [0, 0.1) is 12.7 Å². The molecule has 5 nitrogen and oxygen atoms in total. The van der Waals surface area contributed by atoms with Gasteiger partial charge in [0.25, 0.3) is 0 Å². The van der Waals surface area contributed by atoms with Gasteiger partial charge in [0.1, 0.15) is 11.4 Å². The Morgan fingerprint density at radius 2 is 1.84 bits per heavy atom. The van der Waals surface area contributed by atoms with Crippen LogP contribution in [0.2, 0.25) is 0 Å². The van der Waals surface area contributed by atoms with Crippen LogP contribution in [0.1, 0.15) is 26.3 Å². The van der Waals surface area contributed by atoms with Crippen LogP contribution < -0.4 is 15.4 Å². The number of hydrogen-bond acceptors (Lipinski definition) is 4. The molecule has 0 heterocycles. The summed E-state index contributed by atoms with van der Waals surface area (Å²) in [7, 11) is 1.55. The smallest absolute Gasteiger partial charge is 0.414 e. The Balaban J connectivity index is 2.26. The molecular formula is C19H23FN2O3. The number of amides is 1. The van der Waals surface area contributed by atoms with Crippen LogP contribution in [0.4, 0.5) is 20.6 Å². The van der Waals surface area contributed by atoms with Gasteiger partial charge in [0.05, 0.1) is 11.4 Å². The molecule has 0 unspecified atom stereocenters. The van der Waals surface area contributed by atoms with Crippen molar-refractivity contribution in [2.45, 2.75) is 33.3 Å². The molecule has 0 saturated carbocycles. The molecule has 2 aromatic rings. The molecule has 0 atom stereocenters. The maximum absolute atomic E-state index is 14.0. The summed E-state index contributed by atoms with van der Waals surface area (Å²) in [6.45, 7) is 7.13. The third kappa shape index (κ3) is 4.86. The number of aryl methyl sites for hydroxylation is 1. The Morgan fingerprint density at radius 1 is 1.16 bits per heavy atom. The topological polar surface area (TPSA) is 64.8 Å². The molecule has 0 fully saturated rings. The summed E-state index contributed by atoms with van der Waals surface area (Å²) in [6, 6.07) is 9.47. The number of benzene rings is 2. The first-order valence-corrected chi connectivity index (χ1v) is 7.87. The highest BCUT2D eigenvalue weighted by atomic mass is 19.1. The molecule has 6 heteroatoms. The van der Waals surface area contributed by atoms with Gasteiger partial charge in [0.15, 0.2) is 11.6 Å². The zero-order valence-electron chi connectivity index (χ0n) is 15.1. The van der Waals surface area contributed by atoms with Gasteiger partial charge in [-0.05, 0) is 57.5 Å². The third-order valence-corrected chi connectivity index (χ3v) is 3.35. The standard InChI is InChI=1S/C19H23FN2O3/c1-12-6-9-17(14(20)10-12)24-13-7-8-15(21)16(11-13)22(5)18(23)25-19(2,3)4/h6-11H,21H2,1-5H3. The number of carbonyl (C=O) groups excluding carboxylic acids is 1. The predicted octanol–water partition coefficient (Wildman–Crippen LogP) is 4.88. The third-order valence-electron chi connectivity index (χ3n) is 3.35. The van der Waals surface area contributed by atoms with Gasteiger partial charge >= 0.3 is 6.09 Å². The Morgan fingerprint density at radius 3 is 2.44 bits per heavy atom. The van der Waals surface area contributed by atoms with Gasteiger partial charge in [-0.1, -0.05) is 6.07 Å². The molecule has 1 amide bonds. The van der Waals surface area contributed by atoms with Gasteiger partial charge in [0, 0.05) is 13.1 Å². The van der Waals surface area contributed by atoms with Gasteiger partial charge in [-0.3, -0.25) is 4.90 Å². The summed E-state index contributed by atoms with van der Waals surface area (Å²) in [6.07, 6.45) is -0.544. The lowest BCUT2D eigenvalue weighted by molar-refractivity contribution is 0.0589. The Bertz CT molecular complexity index is 785. The number of hydrogen-bond donors (Lipinski definition) is 1. The van der Waals surface area contributed by atoms with Crippen molar-refractivity contribution in [2.75, 3.05) is 17.7 Å². The zero-order valence-corrected chi connectivity index (χ0v) is 15.1. The number of nitrogens with zero attached hydrogens (tertiary/aromatic N) is 1. The number of rotatable bonds is 3. The summed E-state index contributed by atoms with van der Waals surface area (Å²) in [5.74, 6) is 0.00229. The fraction of sp³-hybridized carbons (Fsp3) is 0.316. The maximum atomic E-state index is 14.0. The number of anilines is 2. The Labute approximate surface area is 147 Å². The van der Waals surface area contributed by atoms with Crippen LogP contribution in [0.25, 0.3) is 0 Å². The molecule has 0 radical (unpaired) electrons. The first kappa shape index (κ1) is 18.6. The predicted molar refractivity (Wildman–Crippen MR) is 96.7 cm³/mol. The van der Waals surface area contributed by atoms with Crippen molar-refractivity contribution >= 4 is 17.5 Å². The van der Waals surface area contributed by atoms with Gasteiger partial charge in [-0.25, -0.2) is 9.18 Å². The molecule has 0 bridgehead atoms. The molecule has 0 spiro atoms. The second-order valence-electron chi connectivity index (χ2n) is 6.80.